The van der Waals surface area contributed by atoms with Crippen molar-refractivity contribution in [2.24, 2.45) is 11.3 Å². The molecular weight excluding hydrogens is 321 g/mol. The van der Waals surface area contributed by atoms with Gasteiger partial charge in [-0.05, 0) is 57.7 Å². The molecule has 2 saturated carbocycles. The Hall–Kier alpha value is -0.0300. The molecule has 1 heterocycles. The van der Waals surface area contributed by atoms with Crippen molar-refractivity contribution in [1.82, 2.24) is 15.5 Å². The number of nitrogens with one attached hydrogen (secondary N) is 2. The highest BCUT2D eigenvalue weighted by Crippen LogP contribution is 2.58. The number of likely N-dealkylation sites (N-methyl/N-ethyl adjacent to an activating group) is 1. The van der Waals surface area contributed by atoms with Crippen molar-refractivity contribution >= 4 is 30.7 Å². The predicted molar refractivity (Wildman–Crippen MR) is 95.0 cm³/mol. The maximum absolute atomic E-state index is 12.2. The molecule has 3 aliphatic rings. The first-order valence-corrected chi connectivity index (χ1v) is 8.40. The zero-order valence-electron chi connectivity index (χ0n) is 13.6. The number of rotatable bonds is 5. The Kier molecular flexibility index (Phi) is 7.93. The van der Waals surface area contributed by atoms with Gasteiger partial charge >= 0.3 is 0 Å². The molecule has 1 unspecified atom stereocenters. The van der Waals surface area contributed by atoms with Crippen molar-refractivity contribution in [1.29, 1.82) is 0 Å². The van der Waals surface area contributed by atoms with Crippen molar-refractivity contribution < 1.29 is 4.79 Å². The Bertz CT molecular complexity index is 355. The van der Waals surface area contributed by atoms with Gasteiger partial charge in [-0.15, -0.1) is 24.8 Å². The van der Waals surface area contributed by atoms with E-state index in [4.69, 9.17) is 0 Å². The van der Waals surface area contributed by atoms with E-state index in [2.05, 4.69) is 22.6 Å². The van der Waals surface area contributed by atoms with Crippen LogP contribution in [0, 0.1) is 11.3 Å². The third kappa shape index (κ3) is 4.50. The van der Waals surface area contributed by atoms with Gasteiger partial charge in [0.1, 0.15) is 0 Å². The molecule has 2 N–H and O–H groups in total. The first kappa shape index (κ1) is 20.0. The van der Waals surface area contributed by atoms with Crippen molar-refractivity contribution in [2.45, 2.75) is 51.0 Å². The second kappa shape index (κ2) is 8.72. The average Bonchev–Trinajstić information content (AvgIpc) is 2.92. The summed E-state index contributed by atoms with van der Waals surface area (Å²) in [7, 11) is 2.20. The van der Waals surface area contributed by atoms with Crippen molar-refractivity contribution in [2.75, 3.05) is 33.2 Å². The Morgan fingerprint density at radius 2 is 1.86 bits per heavy atom. The largest absolute Gasteiger partial charge is 0.355 e. The fourth-order valence-corrected chi connectivity index (χ4v) is 4.20. The Morgan fingerprint density at radius 1 is 1.23 bits per heavy atom. The van der Waals surface area contributed by atoms with Crippen LogP contribution in [-0.2, 0) is 4.79 Å². The van der Waals surface area contributed by atoms with Gasteiger partial charge in [0.2, 0.25) is 5.91 Å². The number of carbonyl (C=O) groups is 1. The van der Waals surface area contributed by atoms with Gasteiger partial charge in [0.15, 0.2) is 0 Å². The number of piperidine rings is 1. The van der Waals surface area contributed by atoms with Crippen molar-refractivity contribution in [3.05, 3.63) is 0 Å². The van der Waals surface area contributed by atoms with E-state index in [0.717, 1.165) is 38.6 Å². The van der Waals surface area contributed by atoms with Crippen LogP contribution in [-0.4, -0.2) is 50.1 Å². The maximum atomic E-state index is 12.2. The number of hydrogen-bond donors (Lipinski definition) is 2. The van der Waals surface area contributed by atoms with E-state index >= 15 is 0 Å². The SMILES string of the molecule is CN(CCNC(=O)C1CC12CCNCC2)C1CCCC1.Cl.Cl. The number of hydrogen-bond acceptors (Lipinski definition) is 3. The van der Waals surface area contributed by atoms with E-state index in [1.807, 2.05) is 0 Å². The van der Waals surface area contributed by atoms with Crippen LogP contribution in [0.1, 0.15) is 44.9 Å². The lowest BCUT2D eigenvalue weighted by Gasteiger charge is -2.25. The number of amides is 1. The molecular formula is C16H31Cl2N3O. The monoisotopic (exact) mass is 351 g/mol. The van der Waals surface area contributed by atoms with Crippen LogP contribution < -0.4 is 10.6 Å². The molecule has 130 valence electrons. The third-order valence-corrected chi connectivity index (χ3v) is 5.82. The van der Waals surface area contributed by atoms with E-state index in [9.17, 15) is 4.79 Å². The van der Waals surface area contributed by atoms with Gasteiger partial charge in [-0.2, -0.15) is 0 Å². The second-order valence-electron chi connectivity index (χ2n) is 7.08. The molecule has 0 aromatic carbocycles. The topological polar surface area (TPSA) is 44.4 Å². The molecule has 4 nitrogen and oxygen atoms in total. The molecule has 6 heteroatoms. The standard InChI is InChI=1S/C16H29N3O.2ClH/c1-19(13-4-2-3-5-13)11-10-18-15(20)14-12-16(14)6-8-17-9-7-16;;/h13-14,17H,2-12H2,1H3,(H,18,20);2*1H. The van der Waals surface area contributed by atoms with Crippen LogP contribution in [0.4, 0.5) is 0 Å². The Labute approximate surface area is 147 Å². The van der Waals surface area contributed by atoms with Crippen LogP contribution in [0.25, 0.3) is 0 Å². The lowest BCUT2D eigenvalue weighted by atomic mass is 9.92. The molecule has 0 aromatic rings. The molecule has 1 saturated heterocycles. The number of halogens is 2. The average molecular weight is 352 g/mol. The van der Waals surface area contributed by atoms with Crippen LogP contribution in [0.5, 0.6) is 0 Å². The maximum Gasteiger partial charge on any atom is 0.223 e. The molecule has 1 atom stereocenters. The second-order valence-corrected chi connectivity index (χ2v) is 7.08. The van der Waals surface area contributed by atoms with Crippen molar-refractivity contribution in [3.8, 4) is 0 Å². The van der Waals surface area contributed by atoms with Crippen LogP contribution in [0.3, 0.4) is 0 Å². The predicted octanol–water partition coefficient (Wildman–Crippen LogP) is 2.21. The molecule has 22 heavy (non-hydrogen) atoms. The van der Waals surface area contributed by atoms with Gasteiger partial charge in [-0.25, -0.2) is 0 Å². The van der Waals surface area contributed by atoms with E-state index in [1.54, 1.807) is 0 Å². The summed E-state index contributed by atoms with van der Waals surface area (Å²) >= 11 is 0. The normalized spacial score (nSPS) is 26.4. The molecule has 3 fully saturated rings. The summed E-state index contributed by atoms with van der Waals surface area (Å²) in [5.74, 6) is 0.619. The third-order valence-electron chi connectivity index (χ3n) is 5.82. The minimum atomic E-state index is 0. The van der Waals surface area contributed by atoms with Gasteiger partial charge in [0, 0.05) is 25.0 Å². The summed E-state index contributed by atoms with van der Waals surface area (Å²) in [5, 5.41) is 6.56. The first-order chi connectivity index (χ1) is 9.71. The van der Waals surface area contributed by atoms with Gasteiger partial charge in [0.05, 0.1) is 0 Å². The zero-order valence-corrected chi connectivity index (χ0v) is 15.2. The number of carbonyl (C=O) groups excluding carboxylic acids is 1. The zero-order chi connectivity index (χ0) is 14.0. The minimum Gasteiger partial charge on any atom is -0.355 e. The molecule has 3 rings (SSSR count). The fraction of sp³-hybridized carbons (Fsp3) is 0.938. The summed E-state index contributed by atoms with van der Waals surface area (Å²) in [6.07, 6.45) is 8.92. The molecule has 0 bridgehead atoms. The quantitative estimate of drug-likeness (QED) is 0.797. The van der Waals surface area contributed by atoms with E-state index in [0.29, 0.717) is 17.2 Å². The molecule has 1 aliphatic heterocycles. The molecule has 0 radical (unpaired) electrons. The van der Waals surface area contributed by atoms with Crippen LogP contribution in [0.2, 0.25) is 0 Å². The lowest BCUT2D eigenvalue weighted by molar-refractivity contribution is -0.123. The summed E-state index contributed by atoms with van der Waals surface area (Å²) in [5.41, 5.74) is 0.368. The molecule has 2 aliphatic carbocycles. The van der Waals surface area contributed by atoms with E-state index in [-0.39, 0.29) is 24.8 Å². The van der Waals surface area contributed by atoms with Crippen LogP contribution >= 0.6 is 24.8 Å². The highest BCUT2D eigenvalue weighted by Gasteiger charge is 2.57. The lowest BCUT2D eigenvalue weighted by Crippen LogP contribution is -2.39. The molecule has 0 aromatic heterocycles. The van der Waals surface area contributed by atoms with E-state index in [1.165, 1.54) is 38.5 Å². The smallest absolute Gasteiger partial charge is 0.223 e. The van der Waals surface area contributed by atoms with Gasteiger partial charge < -0.3 is 15.5 Å². The molecule has 1 spiro atoms. The summed E-state index contributed by atoms with van der Waals surface area (Å²) in [6, 6.07) is 0.753. The van der Waals surface area contributed by atoms with Gasteiger partial charge in [-0.3, -0.25) is 4.79 Å². The Balaban J connectivity index is 0.00000121. The summed E-state index contributed by atoms with van der Waals surface area (Å²) in [6.45, 7) is 4.00. The van der Waals surface area contributed by atoms with Gasteiger partial charge in [0.25, 0.3) is 0 Å². The fourth-order valence-electron chi connectivity index (χ4n) is 4.20. The minimum absolute atomic E-state index is 0. The van der Waals surface area contributed by atoms with Crippen molar-refractivity contribution in [3.63, 3.8) is 0 Å². The highest BCUT2D eigenvalue weighted by atomic mass is 35.5. The van der Waals surface area contributed by atoms with Crippen LogP contribution in [0.15, 0.2) is 0 Å². The van der Waals surface area contributed by atoms with Gasteiger partial charge in [-0.1, -0.05) is 12.8 Å². The summed E-state index contributed by atoms with van der Waals surface area (Å²) in [4.78, 5) is 14.7. The Morgan fingerprint density at radius 3 is 2.50 bits per heavy atom. The highest BCUT2D eigenvalue weighted by molar-refractivity contribution is 5.85. The summed E-state index contributed by atoms with van der Waals surface area (Å²) < 4.78 is 0. The molecule has 1 amide bonds. The van der Waals surface area contributed by atoms with E-state index < -0.39 is 0 Å². The first-order valence-electron chi connectivity index (χ1n) is 8.40. The number of nitrogens with zero attached hydrogens (tertiary/aromatic N) is 1.